The predicted octanol–water partition coefficient (Wildman–Crippen LogP) is 5.08. The predicted molar refractivity (Wildman–Crippen MR) is 121 cm³/mol. The van der Waals surface area contributed by atoms with E-state index in [1.54, 1.807) is 12.1 Å². The van der Waals surface area contributed by atoms with Crippen molar-refractivity contribution < 1.29 is 18.7 Å². The molecule has 0 fully saturated rings. The van der Waals surface area contributed by atoms with Crippen LogP contribution < -0.4 is 10.6 Å². The highest BCUT2D eigenvalue weighted by atomic mass is 32.1. The van der Waals surface area contributed by atoms with Gasteiger partial charge < -0.3 is 14.8 Å². The van der Waals surface area contributed by atoms with E-state index in [2.05, 4.69) is 15.6 Å². The number of aromatic hydroxyl groups is 1. The number of rotatable bonds is 3. The molecule has 4 rings (SSSR count). The van der Waals surface area contributed by atoms with Crippen LogP contribution >= 0.6 is 12.2 Å². The summed E-state index contributed by atoms with van der Waals surface area (Å²) >= 11 is 5.15. The van der Waals surface area contributed by atoms with Crippen LogP contribution in [-0.2, 0) is 0 Å². The molecule has 0 aliphatic heterocycles. The van der Waals surface area contributed by atoms with Gasteiger partial charge in [-0.05, 0) is 79.7 Å². The van der Waals surface area contributed by atoms with E-state index >= 15 is 0 Å². The molecule has 1 heterocycles. The van der Waals surface area contributed by atoms with Gasteiger partial charge in [0.1, 0.15) is 17.1 Å². The number of anilines is 1. The van der Waals surface area contributed by atoms with Crippen molar-refractivity contribution in [3.63, 3.8) is 0 Å². The lowest BCUT2D eigenvalue weighted by molar-refractivity contribution is 0.0977. The van der Waals surface area contributed by atoms with Crippen molar-refractivity contribution in [1.29, 1.82) is 0 Å². The number of oxazole rings is 1. The van der Waals surface area contributed by atoms with E-state index < -0.39 is 11.7 Å². The van der Waals surface area contributed by atoms with Gasteiger partial charge in [-0.2, -0.15) is 0 Å². The Morgan fingerprint density at radius 2 is 1.84 bits per heavy atom. The third-order valence-electron chi connectivity index (χ3n) is 4.64. The normalized spacial score (nSPS) is 10.8. The molecule has 0 atom stereocenters. The van der Waals surface area contributed by atoms with Crippen LogP contribution in [0.5, 0.6) is 5.75 Å². The van der Waals surface area contributed by atoms with Gasteiger partial charge in [0.25, 0.3) is 5.91 Å². The number of aryl methyl sites for hydroxylation is 2. The SMILES string of the molecule is Cc1cc(C)c2oc(-c3ccc(NC(=S)NC(=O)c4ccc(F)cc4)cc3O)nc2c1. The number of phenols is 1. The van der Waals surface area contributed by atoms with E-state index in [4.69, 9.17) is 16.6 Å². The summed E-state index contributed by atoms with van der Waals surface area (Å²) < 4.78 is 18.8. The van der Waals surface area contributed by atoms with Crippen LogP contribution in [0.1, 0.15) is 21.5 Å². The lowest BCUT2D eigenvalue weighted by Crippen LogP contribution is -2.34. The summed E-state index contributed by atoms with van der Waals surface area (Å²) in [4.78, 5) is 16.6. The third kappa shape index (κ3) is 4.39. The minimum Gasteiger partial charge on any atom is -0.507 e. The second kappa shape index (κ2) is 8.16. The van der Waals surface area contributed by atoms with Crippen molar-refractivity contribution in [3.8, 4) is 17.2 Å². The molecule has 31 heavy (non-hydrogen) atoms. The highest BCUT2D eigenvalue weighted by Gasteiger charge is 2.15. The number of nitrogens with zero attached hydrogens (tertiary/aromatic N) is 1. The Morgan fingerprint density at radius 1 is 1.10 bits per heavy atom. The zero-order valence-electron chi connectivity index (χ0n) is 16.7. The Kier molecular flexibility index (Phi) is 5.39. The molecule has 3 aromatic carbocycles. The molecule has 0 unspecified atom stereocenters. The number of aromatic nitrogens is 1. The van der Waals surface area contributed by atoms with Gasteiger partial charge in [-0.3, -0.25) is 10.1 Å². The van der Waals surface area contributed by atoms with E-state index in [1.807, 2.05) is 26.0 Å². The summed E-state index contributed by atoms with van der Waals surface area (Å²) in [7, 11) is 0. The van der Waals surface area contributed by atoms with Crippen LogP contribution in [0.15, 0.2) is 59.0 Å². The number of hydrogen-bond acceptors (Lipinski definition) is 5. The topological polar surface area (TPSA) is 87.4 Å². The van der Waals surface area contributed by atoms with Gasteiger partial charge in [0.15, 0.2) is 10.7 Å². The largest absolute Gasteiger partial charge is 0.507 e. The molecule has 156 valence electrons. The third-order valence-corrected chi connectivity index (χ3v) is 4.84. The molecule has 6 nitrogen and oxygen atoms in total. The van der Waals surface area contributed by atoms with Crippen LogP contribution in [0.25, 0.3) is 22.6 Å². The van der Waals surface area contributed by atoms with Crippen LogP contribution in [-0.4, -0.2) is 21.1 Å². The first-order chi connectivity index (χ1) is 14.8. The van der Waals surface area contributed by atoms with Crippen molar-refractivity contribution >= 4 is 40.0 Å². The maximum absolute atomic E-state index is 13.0. The van der Waals surface area contributed by atoms with Crippen LogP contribution in [0.2, 0.25) is 0 Å². The van der Waals surface area contributed by atoms with Crippen LogP contribution in [0.3, 0.4) is 0 Å². The number of amides is 1. The fourth-order valence-corrected chi connectivity index (χ4v) is 3.43. The summed E-state index contributed by atoms with van der Waals surface area (Å²) in [5.41, 5.74) is 4.60. The van der Waals surface area contributed by atoms with Crippen LogP contribution in [0.4, 0.5) is 10.1 Å². The number of fused-ring (bicyclic) bond motifs is 1. The molecule has 1 amide bonds. The average molecular weight is 435 g/mol. The highest BCUT2D eigenvalue weighted by molar-refractivity contribution is 7.80. The molecule has 4 aromatic rings. The van der Waals surface area contributed by atoms with Crippen molar-refractivity contribution in [3.05, 3.63) is 77.1 Å². The van der Waals surface area contributed by atoms with Gasteiger partial charge in [-0.25, -0.2) is 9.37 Å². The lowest BCUT2D eigenvalue weighted by Gasteiger charge is -2.11. The molecule has 0 radical (unpaired) electrons. The monoisotopic (exact) mass is 435 g/mol. The Morgan fingerprint density at radius 3 is 2.55 bits per heavy atom. The lowest BCUT2D eigenvalue weighted by atomic mass is 10.1. The number of thiocarbonyl (C=S) groups is 1. The Bertz CT molecular complexity index is 1320. The minimum atomic E-state index is -0.476. The van der Waals surface area contributed by atoms with Gasteiger partial charge >= 0.3 is 0 Å². The molecule has 0 bridgehead atoms. The van der Waals surface area contributed by atoms with Crippen molar-refractivity contribution in [2.45, 2.75) is 13.8 Å². The van der Waals surface area contributed by atoms with Crippen molar-refractivity contribution in [1.82, 2.24) is 10.3 Å². The van der Waals surface area contributed by atoms with Crippen molar-refractivity contribution in [2.24, 2.45) is 0 Å². The number of nitrogens with one attached hydrogen (secondary N) is 2. The van der Waals surface area contributed by atoms with E-state index in [-0.39, 0.29) is 16.4 Å². The fourth-order valence-electron chi connectivity index (χ4n) is 3.22. The molecule has 0 spiro atoms. The quantitative estimate of drug-likeness (QED) is 0.389. The molecule has 0 aliphatic carbocycles. The zero-order chi connectivity index (χ0) is 22.1. The molecular weight excluding hydrogens is 417 g/mol. The molecular formula is C23H18FN3O3S. The number of benzene rings is 3. The molecule has 0 saturated heterocycles. The van der Waals surface area contributed by atoms with Crippen LogP contribution in [0, 0.1) is 19.7 Å². The number of phenolic OH excluding ortho intramolecular Hbond substituents is 1. The smallest absolute Gasteiger partial charge is 0.257 e. The highest BCUT2D eigenvalue weighted by Crippen LogP contribution is 2.34. The first-order valence-corrected chi connectivity index (χ1v) is 9.80. The summed E-state index contributed by atoms with van der Waals surface area (Å²) in [5, 5.41) is 15.9. The summed E-state index contributed by atoms with van der Waals surface area (Å²) in [6, 6.07) is 13.8. The maximum Gasteiger partial charge on any atom is 0.257 e. The molecule has 8 heteroatoms. The Balaban J connectivity index is 1.50. The second-order valence-corrected chi connectivity index (χ2v) is 7.50. The van der Waals surface area contributed by atoms with E-state index in [0.29, 0.717) is 22.7 Å². The summed E-state index contributed by atoms with van der Waals surface area (Å²) in [6.07, 6.45) is 0. The number of hydrogen-bond donors (Lipinski definition) is 3. The minimum absolute atomic E-state index is 0.0365. The molecule has 3 N–H and O–H groups in total. The number of carbonyl (C=O) groups is 1. The van der Waals surface area contributed by atoms with Gasteiger partial charge in [-0.1, -0.05) is 6.07 Å². The maximum atomic E-state index is 13.0. The number of carbonyl (C=O) groups excluding carboxylic acids is 1. The molecule has 1 aromatic heterocycles. The summed E-state index contributed by atoms with van der Waals surface area (Å²) in [6.45, 7) is 3.93. The molecule has 0 saturated carbocycles. The average Bonchev–Trinajstić information content (AvgIpc) is 3.12. The fraction of sp³-hybridized carbons (Fsp3) is 0.0870. The van der Waals surface area contributed by atoms with E-state index in [9.17, 15) is 14.3 Å². The first-order valence-electron chi connectivity index (χ1n) is 9.39. The number of halogens is 1. The summed E-state index contributed by atoms with van der Waals surface area (Å²) in [5.74, 6) is -0.661. The van der Waals surface area contributed by atoms with Gasteiger partial charge in [-0.15, -0.1) is 0 Å². The Labute approximate surface area is 182 Å². The van der Waals surface area contributed by atoms with E-state index in [1.165, 1.54) is 30.3 Å². The van der Waals surface area contributed by atoms with Crippen molar-refractivity contribution in [2.75, 3.05) is 5.32 Å². The second-order valence-electron chi connectivity index (χ2n) is 7.10. The van der Waals surface area contributed by atoms with E-state index in [0.717, 1.165) is 16.6 Å². The molecule has 0 aliphatic rings. The van der Waals surface area contributed by atoms with Gasteiger partial charge in [0, 0.05) is 17.3 Å². The van der Waals surface area contributed by atoms with Gasteiger partial charge in [0.2, 0.25) is 5.89 Å². The first kappa shape index (κ1) is 20.5. The zero-order valence-corrected chi connectivity index (χ0v) is 17.5. The Hall–Kier alpha value is -3.78. The van der Waals surface area contributed by atoms with Gasteiger partial charge in [0.05, 0.1) is 5.56 Å². The standard InChI is InChI=1S/C23H18FN3O3S/c1-12-9-13(2)20-18(10-12)26-22(30-20)17-8-7-16(11-19(17)28)25-23(31)27-21(29)14-3-5-15(24)6-4-14/h3-11,28H,1-2H3,(H2,25,27,29,31).